The molecule has 0 spiro atoms. The molecule has 126 valence electrons. The van der Waals surface area contributed by atoms with Crippen LogP contribution in [0.2, 0.25) is 0 Å². The Bertz CT molecular complexity index is 763. The summed E-state index contributed by atoms with van der Waals surface area (Å²) < 4.78 is 1.20. The molecule has 4 heteroatoms. The average Bonchev–Trinajstić information content (AvgIpc) is 2.95. The van der Waals surface area contributed by atoms with Crippen molar-refractivity contribution < 1.29 is 4.79 Å². The molecule has 0 unspecified atom stereocenters. The van der Waals surface area contributed by atoms with E-state index in [2.05, 4.69) is 31.3 Å². The van der Waals surface area contributed by atoms with Gasteiger partial charge in [0.25, 0.3) is 0 Å². The Morgan fingerprint density at radius 2 is 1.67 bits per heavy atom. The summed E-state index contributed by atoms with van der Waals surface area (Å²) in [6, 6.07) is 4.25. The van der Waals surface area contributed by atoms with Crippen LogP contribution in [0.15, 0.2) is 12.1 Å². The van der Waals surface area contributed by atoms with Gasteiger partial charge < -0.3 is 5.32 Å². The molecule has 0 aliphatic heterocycles. The van der Waals surface area contributed by atoms with Crippen LogP contribution in [-0.4, -0.2) is 10.9 Å². The van der Waals surface area contributed by atoms with E-state index in [0.29, 0.717) is 0 Å². The zero-order valence-corrected chi connectivity index (χ0v) is 15.2. The van der Waals surface area contributed by atoms with E-state index in [0.717, 1.165) is 47.7 Å². The van der Waals surface area contributed by atoms with Crippen LogP contribution in [0.1, 0.15) is 49.7 Å². The second-order valence-electron chi connectivity index (χ2n) is 8.55. The third kappa shape index (κ3) is 2.15. The molecule has 4 fully saturated rings. The molecule has 0 saturated heterocycles. The minimum Gasteiger partial charge on any atom is -0.301 e. The first-order valence-corrected chi connectivity index (χ1v) is 10.0. The van der Waals surface area contributed by atoms with E-state index in [4.69, 9.17) is 4.98 Å². The third-order valence-corrected chi connectivity index (χ3v) is 7.79. The SMILES string of the molecule is Cc1ccc(C)c2sc(NC(=O)C34CC5CC(CC(C5)C3)C4)nc12. The number of carbonyl (C=O) groups excluding carboxylic acids is 1. The third-order valence-electron chi connectivity index (χ3n) is 6.68. The Kier molecular flexibility index (Phi) is 3.13. The zero-order valence-electron chi connectivity index (χ0n) is 14.4. The zero-order chi connectivity index (χ0) is 16.5. The molecular formula is C20H24N2OS. The molecule has 4 saturated carbocycles. The summed E-state index contributed by atoms with van der Waals surface area (Å²) >= 11 is 1.63. The normalized spacial score (nSPS) is 34.0. The number of carbonyl (C=O) groups is 1. The number of fused-ring (bicyclic) bond motifs is 1. The monoisotopic (exact) mass is 340 g/mol. The minimum absolute atomic E-state index is 0.101. The molecule has 4 aliphatic rings. The van der Waals surface area contributed by atoms with E-state index in [1.807, 2.05) is 0 Å². The van der Waals surface area contributed by atoms with E-state index in [1.54, 1.807) is 11.3 Å². The molecule has 1 aromatic carbocycles. The molecule has 4 aliphatic carbocycles. The van der Waals surface area contributed by atoms with E-state index in [9.17, 15) is 4.79 Å². The van der Waals surface area contributed by atoms with Crippen LogP contribution in [0.5, 0.6) is 0 Å². The molecule has 1 amide bonds. The van der Waals surface area contributed by atoms with Gasteiger partial charge in [0.15, 0.2) is 5.13 Å². The summed E-state index contributed by atoms with van der Waals surface area (Å²) in [5.74, 6) is 2.63. The number of anilines is 1. The first-order chi connectivity index (χ1) is 11.5. The van der Waals surface area contributed by atoms with Crippen LogP contribution < -0.4 is 5.32 Å². The first kappa shape index (κ1) is 14.9. The van der Waals surface area contributed by atoms with E-state index in [1.165, 1.54) is 35.1 Å². The number of aryl methyl sites for hydroxylation is 2. The molecular weight excluding hydrogens is 316 g/mol. The van der Waals surface area contributed by atoms with Crippen molar-refractivity contribution in [3.63, 3.8) is 0 Å². The highest BCUT2D eigenvalue weighted by molar-refractivity contribution is 7.22. The molecule has 24 heavy (non-hydrogen) atoms. The molecule has 6 rings (SSSR count). The number of amides is 1. The largest absolute Gasteiger partial charge is 0.301 e. The number of thiazole rings is 1. The number of nitrogens with one attached hydrogen (secondary N) is 1. The van der Waals surface area contributed by atoms with Gasteiger partial charge in [-0.05, 0) is 81.3 Å². The van der Waals surface area contributed by atoms with Crippen molar-refractivity contribution in [3.8, 4) is 0 Å². The second-order valence-corrected chi connectivity index (χ2v) is 9.55. The van der Waals surface area contributed by atoms with Crippen LogP contribution in [-0.2, 0) is 4.79 Å². The van der Waals surface area contributed by atoms with Crippen LogP contribution in [0.4, 0.5) is 5.13 Å². The quantitative estimate of drug-likeness (QED) is 0.829. The van der Waals surface area contributed by atoms with Crippen LogP contribution in [0, 0.1) is 37.0 Å². The first-order valence-electron chi connectivity index (χ1n) is 9.21. The lowest BCUT2D eigenvalue weighted by atomic mass is 9.49. The smallest absolute Gasteiger partial charge is 0.232 e. The summed E-state index contributed by atoms with van der Waals surface area (Å²) in [5, 5.41) is 3.99. The van der Waals surface area contributed by atoms with Gasteiger partial charge in [-0.3, -0.25) is 4.79 Å². The van der Waals surface area contributed by atoms with Crippen molar-refractivity contribution in [1.82, 2.24) is 4.98 Å². The summed E-state index contributed by atoms with van der Waals surface area (Å²) in [7, 11) is 0. The Morgan fingerprint density at radius 1 is 1.08 bits per heavy atom. The highest BCUT2D eigenvalue weighted by Crippen LogP contribution is 2.60. The number of aromatic nitrogens is 1. The fourth-order valence-corrected chi connectivity index (χ4v) is 6.94. The minimum atomic E-state index is -0.101. The number of hydrogen-bond acceptors (Lipinski definition) is 3. The summed E-state index contributed by atoms with van der Waals surface area (Å²) in [6.07, 6.45) is 7.42. The van der Waals surface area contributed by atoms with Gasteiger partial charge in [-0.1, -0.05) is 23.5 Å². The van der Waals surface area contributed by atoms with Gasteiger partial charge in [-0.2, -0.15) is 0 Å². The van der Waals surface area contributed by atoms with Gasteiger partial charge >= 0.3 is 0 Å². The van der Waals surface area contributed by atoms with Crippen molar-refractivity contribution >= 4 is 32.6 Å². The number of hydrogen-bond donors (Lipinski definition) is 1. The van der Waals surface area contributed by atoms with Crippen LogP contribution in [0.3, 0.4) is 0 Å². The van der Waals surface area contributed by atoms with Crippen LogP contribution >= 0.6 is 11.3 Å². The van der Waals surface area contributed by atoms with Crippen molar-refractivity contribution in [2.75, 3.05) is 5.32 Å². The number of benzene rings is 1. The van der Waals surface area contributed by atoms with Gasteiger partial charge in [0, 0.05) is 0 Å². The Morgan fingerprint density at radius 3 is 2.25 bits per heavy atom. The fourth-order valence-electron chi connectivity index (χ4n) is 5.93. The molecule has 0 atom stereocenters. The van der Waals surface area contributed by atoms with Crippen molar-refractivity contribution in [2.24, 2.45) is 23.2 Å². The number of rotatable bonds is 2. The van der Waals surface area contributed by atoms with Crippen molar-refractivity contribution in [2.45, 2.75) is 52.4 Å². The molecule has 4 bridgehead atoms. The lowest BCUT2D eigenvalue weighted by Gasteiger charge is -2.55. The van der Waals surface area contributed by atoms with Gasteiger partial charge in [0.2, 0.25) is 5.91 Å². The molecule has 0 radical (unpaired) electrons. The predicted molar refractivity (Wildman–Crippen MR) is 98.3 cm³/mol. The topological polar surface area (TPSA) is 42.0 Å². The van der Waals surface area contributed by atoms with E-state index < -0.39 is 0 Å². The second kappa shape index (κ2) is 5.04. The maximum atomic E-state index is 13.2. The standard InChI is InChI=1S/C20H24N2OS/c1-11-3-4-12(2)17-16(11)21-19(24-17)22-18(23)20-8-13-5-14(9-20)7-15(6-13)10-20/h3-4,13-15H,5-10H2,1-2H3,(H,21,22,23). The Labute approximate surface area is 146 Å². The predicted octanol–water partition coefficient (Wildman–Crippen LogP) is 5.07. The van der Waals surface area contributed by atoms with Gasteiger partial charge in [-0.25, -0.2) is 4.98 Å². The molecule has 1 heterocycles. The Hall–Kier alpha value is -1.42. The lowest BCUT2D eigenvalue weighted by molar-refractivity contribution is -0.140. The highest BCUT2D eigenvalue weighted by Gasteiger charge is 2.54. The van der Waals surface area contributed by atoms with E-state index in [-0.39, 0.29) is 11.3 Å². The van der Waals surface area contributed by atoms with Gasteiger partial charge in [-0.15, -0.1) is 0 Å². The maximum absolute atomic E-state index is 13.2. The molecule has 2 aromatic rings. The maximum Gasteiger partial charge on any atom is 0.232 e. The summed E-state index contributed by atoms with van der Waals surface area (Å²) in [5.41, 5.74) is 3.36. The molecule has 1 aromatic heterocycles. The van der Waals surface area contributed by atoms with Crippen molar-refractivity contribution in [1.29, 1.82) is 0 Å². The fraction of sp³-hybridized carbons (Fsp3) is 0.600. The van der Waals surface area contributed by atoms with Gasteiger partial charge in [0.1, 0.15) is 0 Å². The van der Waals surface area contributed by atoms with Gasteiger partial charge in [0.05, 0.1) is 15.6 Å². The van der Waals surface area contributed by atoms with E-state index >= 15 is 0 Å². The average molecular weight is 340 g/mol. The highest BCUT2D eigenvalue weighted by atomic mass is 32.1. The molecule has 1 N–H and O–H groups in total. The van der Waals surface area contributed by atoms with Crippen LogP contribution in [0.25, 0.3) is 10.2 Å². The van der Waals surface area contributed by atoms with Crippen molar-refractivity contribution in [3.05, 3.63) is 23.3 Å². The molecule has 3 nitrogen and oxygen atoms in total. The summed E-state index contributed by atoms with van der Waals surface area (Å²) in [4.78, 5) is 17.9. The Balaban J connectivity index is 1.45. The lowest BCUT2D eigenvalue weighted by Crippen LogP contribution is -2.51. The summed E-state index contributed by atoms with van der Waals surface area (Å²) in [6.45, 7) is 4.21. The number of nitrogens with zero attached hydrogens (tertiary/aromatic N) is 1.